The van der Waals surface area contributed by atoms with Gasteiger partial charge in [-0.25, -0.2) is 14.0 Å². The number of carbonyl (C=O) groups excluding carboxylic acids is 1. The Balaban J connectivity index is 2.49. The van der Waals surface area contributed by atoms with Crippen LogP contribution in [0.15, 0.2) is 0 Å². The van der Waals surface area contributed by atoms with Gasteiger partial charge in [0.25, 0.3) is 0 Å². The number of alkyl halides is 1. The van der Waals surface area contributed by atoms with E-state index in [0.717, 1.165) is 4.90 Å². The smallest absolute Gasteiger partial charge is 0.410 e. The number of ether oxygens (including phenoxy) is 1. The van der Waals surface area contributed by atoms with Crippen LogP contribution in [0.2, 0.25) is 0 Å². The van der Waals surface area contributed by atoms with Crippen molar-refractivity contribution in [3.8, 4) is 11.8 Å². The fourth-order valence-electron chi connectivity index (χ4n) is 1.26. The summed E-state index contributed by atoms with van der Waals surface area (Å²) in [6.45, 7) is 4.59. The summed E-state index contributed by atoms with van der Waals surface area (Å²) in [5.41, 5.74) is -2.58. The minimum absolute atomic E-state index is 0.262. The van der Waals surface area contributed by atoms with E-state index in [0.29, 0.717) is 0 Å². The molecule has 1 heterocycles. The second-order valence-electron chi connectivity index (χ2n) is 4.86. The summed E-state index contributed by atoms with van der Waals surface area (Å²) in [5.74, 6) is 2.29. The van der Waals surface area contributed by atoms with Gasteiger partial charge in [-0.05, 0) is 26.7 Å². The Morgan fingerprint density at radius 2 is 1.94 bits per heavy atom. The van der Waals surface area contributed by atoms with E-state index in [1.54, 1.807) is 26.7 Å². The molecule has 0 aromatic heterocycles. The molecule has 1 rings (SSSR count). The van der Waals surface area contributed by atoms with Gasteiger partial charge >= 0.3 is 12.1 Å². The number of amides is 1. The van der Waals surface area contributed by atoms with Gasteiger partial charge in [0.15, 0.2) is 0 Å². The third-order valence-electron chi connectivity index (χ3n) is 1.93. The predicted octanol–water partition coefficient (Wildman–Crippen LogP) is 1.03. The lowest BCUT2D eigenvalue weighted by Gasteiger charge is -2.41. The van der Waals surface area contributed by atoms with Gasteiger partial charge < -0.3 is 9.84 Å². The summed E-state index contributed by atoms with van der Waals surface area (Å²) in [6.07, 6.45) is -0.622. The van der Waals surface area contributed by atoms with E-state index in [1.165, 1.54) is 0 Å². The summed E-state index contributed by atoms with van der Waals surface area (Å²) < 4.78 is 18.6. The number of aliphatic carboxylic acids is 1. The van der Waals surface area contributed by atoms with Crippen LogP contribution in [0.25, 0.3) is 0 Å². The largest absolute Gasteiger partial charge is 0.472 e. The van der Waals surface area contributed by atoms with Crippen molar-refractivity contribution in [3.05, 3.63) is 0 Å². The van der Waals surface area contributed by atoms with Gasteiger partial charge in [-0.2, -0.15) is 0 Å². The van der Waals surface area contributed by atoms with Crippen molar-refractivity contribution in [2.75, 3.05) is 13.1 Å². The highest BCUT2D eigenvalue weighted by Crippen LogP contribution is 2.26. The van der Waals surface area contributed by atoms with Crippen molar-refractivity contribution >= 4 is 12.1 Å². The molecule has 1 N–H and O–H groups in total. The molecule has 0 atom stereocenters. The molecule has 0 unspecified atom stereocenters. The first kappa shape index (κ1) is 13.3. The van der Waals surface area contributed by atoms with Gasteiger partial charge in [0.2, 0.25) is 5.67 Å². The fraction of sp³-hybridized carbons (Fsp3) is 0.636. The number of carbonyl (C=O) groups is 2. The van der Waals surface area contributed by atoms with Crippen LogP contribution in [0.4, 0.5) is 9.18 Å². The van der Waals surface area contributed by atoms with Crippen molar-refractivity contribution in [1.82, 2.24) is 4.90 Å². The van der Waals surface area contributed by atoms with Crippen molar-refractivity contribution in [3.63, 3.8) is 0 Å². The second-order valence-corrected chi connectivity index (χ2v) is 4.86. The lowest BCUT2D eigenvalue weighted by Crippen LogP contribution is -2.61. The molecule has 0 radical (unpaired) electrons. The van der Waals surface area contributed by atoms with Crippen LogP contribution in [0.1, 0.15) is 20.8 Å². The van der Waals surface area contributed by atoms with Crippen molar-refractivity contribution in [2.24, 2.45) is 0 Å². The van der Waals surface area contributed by atoms with Crippen molar-refractivity contribution < 1.29 is 23.8 Å². The van der Waals surface area contributed by atoms with Crippen LogP contribution in [-0.2, 0) is 9.53 Å². The monoisotopic (exact) mass is 243 g/mol. The maximum absolute atomic E-state index is 13.6. The van der Waals surface area contributed by atoms with E-state index in [4.69, 9.17) is 9.84 Å². The van der Waals surface area contributed by atoms with Crippen LogP contribution in [-0.4, -0.2) is 46.4 Å². The molecule has 0 saturated carbocycles. The number of rotatable bonds is 0. The molecule has 0 aromatic carbocycles. The second kappa shape index (κ2) is 4.24. The summed E-state index contributed by atoms with van der Waals surface area (Å²) in [5, 5.41) is 8.28. The highest BCUT2D eigenvalue weighted by atomic mass is 19.1. The average molecular weight is 243 g/mol. The number of carboxylic acids is 1. The number of halogens is 1. The molecule has 1 aliphatic rings. The van der Waals surface area contributed by atoms with E-state index in [1.807, 2.05) is 5.92 Å². The first-order valence-corrected chi connectivity index (χ1v) is 5.04. The highest BCUT2D eigenvalue weighted by Gasteiger charge is 2.46. The zero-order valence-corrected chi connectivity index (χ0v) is 9.91. The molecule has 1 fully saturated rings. The number of carboxylic acid groups (broad SMARTS) is 1. The van der Waals surface area contributed by atoms with Crippen LogP contribution < -0.4 is 0 Å². The van der Waals surface area contributed by atoms with Crippen LogP contribution in [0, 0.1) is 11.8 Å². The average Bonchev–Trinajstić information content (AvgIpc) is 2.07. The SMILES string of the molecule is CC(C)(C)OC(=O)N1CC(F)(C#CC(=O)O)C1. The first-order valence-electron chi connectivity index (χ1n) is 5.04. The number of hydrogen-bond donors (Lipinski definition) is 1. The Bertz CT molecular complexity index is 396. The minimum Gasteiger partial charge on any atom is -0.472 e. The molecule has 0 aliphatic carbocycles. The molecular weight excluding hydrogens is 229 g/mol. The van der Waals surface area contributed by atoms with Crippen LogP contribution in [0.3, 0.4) is 0 Å². The number of nitrogens with zero attached hydrogens (tertiary/aromatic N) is 1. The third-order valence-corrected chi connectivity index (χ3v) is 1.93. The van der Waals surface area contributed by atoms with Gasteiger partial charge in [-0.3, -0.25) is 4.90 Å². The summed E-state index contributed by atoms with van der Waals surface area (Å²) in [6, 6.07) is 0. The topological polar surface area (TPSA) is 66.8 Å². The zero-order chi connectivity index (χ0) is 13.3. The molecule has 6 heteroatoms. The zero-order valence-electron chi connectivity index (χ0n) is 9.91. The third kappa shape index (κ3) is 3.94. The maximum atomic E-state index is 13.6. The van der Waals surface area contributed by atoms with Crippen LogP contribution >= 0.6 is 0 Å². The maximum Gasteiger partial charge on any atom is 0.410 e. The van der Waals surface area contributed by atoms with Crippen molar-refractivity contribution in [1.29, 1.82) is 0 Å². The van der Waals surface area contributed by atoms with Gasteiger partial charge in [0, 0.05) is 5.92 Å². The fourth-order valence-corrected chi connectivity index (χ4v) is 1.26. The first-order chi connectivity index (χ1) is 7.61. The van der Waals surface area contributed by atoms with Gasteiger partial charge in [-0.15, -0.1) is 0 Å². The summed E-state index contributed by atoms with van der Waals surface area (Å²) >= 11 is 0. The molecule has 17 heavy (non-hydrogen) atoms. The quantitative estimate of drug-likeness (QED) is 0.645. The molecule has 0 bridgehead atoms. The molecule has 0 aromatic rings. The van der Waals surface area contributed by atoms with Crippen LogP contribution in [0.5, 0.6) is 0 Å². The Morgan fingerprint density at radius 1 is 1.41 bits per heavy atom. The Kier molecular flexibility index (Phi) is 3.32. The van der Waals surface area contributed by atoms with Crippen molar-refractivity contribution in [2.45, 2.75) is 32.0 Å². The Labute approximate surface area is 98.5 Å². The van der Waals surface area contributed by atoms with Gasteiger partial charge in [0.05, 0.1) is 13.1 Å². The summed E-state index contributed by atoms with van der Waals surface area (Å²) in [7, 11) is 0. The number of hydrogen-bond acceptors (Lipinski definition) is 3. The summed E-state index contributed by atoms with van der Waals surface area (Å²) in [4.78, 5) is 22.7. The molecule has 1 saturated heterocycles. The Hall–Kier alpha value is -1.77. The lowest BCUT2D eigenvalue weighted by molar-refractivity contribution is -0.130. The van der Waals surface area contributed by atoms with Gasteiger partial charge in [0.1, 0.15) is 5.60 Å². The van der Waals surface area contributed by atoms with E-state index in [2.05, 4.69) is 0 Å². The molecule has 0 spiro atoms. The van der Waals surface area contributed by atoms with E-state index >= 15 is 0 Å². The molecule has 94 valence electrons. The normalized spacial score (nSPS) is 17.5. The highest BCUT2D eigenvalue weighted by molar-refractivity contribution is 5.86. The minimum atomic E-state index is -1.94. The standard InChI is InChI=1S/C11H14FNO4/c1-10(2,3)17-9(16)13-6-11(12,7-13)5-4-8(14)15/h6-7H2,1-3H3,(H,14,15). The van der Waals surface area contributed by atoms with Gasteiger partial charge in [-0.1, -0.05) is 0 Å². The molecule has 1 aliphatic heterocycles. The molecular formula is C11H14FNO4. The van der Waals surface area contributed by atoms with E-state index in [9.17, 15) is 14.0 Å². The number of likely N-dealkylation sites (tertiary alicyclic amines) is 1. The molecule has 1 amide bonds. The van der Waals surface area contributed by atoms with E-state index < -0.39 is 23.3 Å². The predicted molar refractivity (Wildman–Crippen MR) is 57.1 cm³/mol. The molecule has 5 nitrogen and oxygen atoms in total. The lowest BCUT2D eigenvalue weighted by atomic mass is 9.98. The van der Waals surface area contributed by atoms with E-state index in [-0.39, 0.29) is 13.1 Å². The Morgan fingerprint density at radius 3 is 2.35 bits per heavy atom.